The van der Waals surface area contributed by atoms with Gasteiger partial charge in [-0.2, -0.15) is 0 Å². The molecule has 0 aromatic heterocycles. The monoisotopic (exact) mass is 278 g/mol. The van der Waals surface area contributed by atoms with Crippen LogP contribution in [0.4, 0.5) is 5.69 Å². The Morgan fingerprint density at radius 2 is 2.35 bits per heavy atom. The Kier molecular flexibility index (Phi) is 2.53. The van der Waals surface area contributed by atoms with Crippen LogP contribution in [0, 0.1) is 0 Å². The molecule has 6 heteroatoms. The Balaban J connectivity index is 1.93. The summed E-state index contributed by atoms with van der Waals surface area (Å²) < 4.78 is 11.2. The van der Waals surface area contributed by atoms with E-state index >= 15 is 0 Å². The average molecular weight is 278 g/mol. The zero-order valence-corrected chi connectivity index (χ0v) is 11.5. The van der Waals surface area contributed by atoms with Gasteiger partial charge in [0.15, 0.2) is 0 Å². The van der Waals surface area contributed by atoms with Gasteiger partial charge in [0.25, 0.3) is 0 Å². The van der Waals surface area contributed by atoms with Crippen molar-refractivity contribution in [3.63, 3.8) is 0 Å². The third-order valence-corrected chi connectivity index (χ3v) is 4.60. The quantitative estimate of drug-likeness (QED) is 0.771. The van der Waals surface area contributed by atoms with E-state index in [4.69, 9.17) is 14.3 Å². The summed E-state index contributed by atoms with van der Waals surface area (Å²) in [5.41, 5.74) is 1.90. The van der Waals surface area contributed by atoms with Gasteiger partial charge in [0.2, 0.25) is 5.79 Å². The number of anilines is 1. The van der Waals surface area contributed by atoms with Crippen LogP contribution in [0.15, 0.2) is 18.2 Å². The smallest absolute Gasteiger partial charge is 0.220 e. The number of fused-ring (bicyclic) bond motifs is 6. The molecule has 0 spiro atoms. The second-order valence-electron chi connectivity index (χ2n) is 5.46. The molecule has 4 atom stereocenters. The van der Waals surface area contributed by atoms with Gasteiger partial charge in [0.1, 0.15) is 5.75 Å². The molecule has 108 valence electrons. The van der Waals surface area contributed by atoms with Crippen molar-refractivity contribution in [1.82, 2.24) is 5.32 Å². The van der Waals surface area contributed by atoms with Crippen LogP contribution in [-0.2, 0) is 9.57 Å². The van der Waals surface area contributed by atoms with E-state index in [2.05, 4.69) is 5.32 Å². The largest absolute Gasteiger partial charge is 0.496 e. The second kappa shape index (κ2) is 4.08. The molecule has 2 N–H and O–H groups in total. The number of aliphatic hydroxyl groups excluding tert-OH is 1. The molecule has 0 saturated carbocycles. The maximum atomic E-state index is 9.94. The van der Waals surface area contributed by atoms with E-state index in [0.717, 1.165) is 23.5 Å². The first-order chi connectivity index (χ1) is 9.75. The number of aliphatic hydroxyl groups is 1. The molecular formula is C14H18N2O4. The maximum Gasteiger partial charge on any atom is 0.220 e. The van der Waals surface area contributed by atoms with E-state index in [-0.39, 0.29) is 18.6 Å². The van der Waals surface area contributed by atoms with E-state index in [1.807, 2.05) is 23.3 Å². The Hall–Kier alpha value is -1.34. The second-order valence-corrected chi connectivity index (χ2v) is 5.46. The lowest BCUT2D eigenvalue weighted by Crippen LogP contribution is -2.60. The Morgan fingerprint density at radius 1 is 1.50 bits per heavy atom. The summed E-state index contributed by atoms with van der Waals surface area (Å²) in [4.78, 5) is 6.08. The number of nitrogens with one attached hydrogen (secondary N) is 1. The summed E-state index contributed by atoms with van der Waals surface area (Å²) in [7, 11) is 3.27. The summed E-state index contributed by atoms with van der Waals surface area (Å²) in [5.74, 6) is -0.382. The van der Waals surface area contributed by atoms with Crippen molar-refractivity contribution in [2.45, 2.75) is 23.8 Å². The van der Waals surface area contributed by atoms with Crippen molar-refractivity contribution in [2.75, 3.05) is 32.4 Å². The third kappa shape index (κ3) is 1.37. The number of methoxy groups -OCH3 is 2. The molecule has 20 heavy (non-hydrogen) atoms. The first kappa shape index (κ1) is 12.4. The fourth-order valence-corrected chi connectivity index (χ4v) is 3.61. The molecular weight excluding hydrogens is 260 g/mol. The van der Waals surface area contributed by atoms with E-state index in [1.54, 1.807) is 14.2 Å². The molecule has 0 aliphatic carbocycles. The van der Waals surface area contributed by atoms with Crippen molar-refractivity contribution in [1.29, 1.82) is 0 Å². The number of nitrogens with zero attached hydrogens (tertiary/aromatic N) is 1. The van der Waals surface area contributed by atoms with E-state index in [9.17, 15) is 5.11 Å². The van der Waals surface area contributed by atoms with Crippen LogP contribution in [0.25, 0.3) is 0 Å². The predicted octanol–water partition coefficient (Wildman–Crippen LogP) is 0.219. The molecule has 0 unspecified atom stereocenters. The molecule has 1 aromatic rings. The van der Waals surface area contributed by atoms with Gasteiger partial charge in [-0.25, -0.2) is 9.90 Å². The van der Waals surface area contributed by atoms with Gasteiger partial charge in [-0.1, -0.05) is 6.07 Å². The minimum absolute atomic E-state index is 0.0556. The highest BCUT2D eigenvalue weighted by Crippen LogP contribution is 2.54. The summed E-state index contributed by atoms with van der Waals surface area (Å²) >= 11 is 0. The Labute approximate surface area is 117 Å². The van der Waals surface area contributed by atoms with Crippen LogP contribution in [-0.4, -0.2) is 50.3 Å². The van der Waals surface area contributed by atoms with Crippen LogP contribution in [0.1, 0.15) is 11.5 Å². The minimum atomic E-state index is -0.862. The molecule has 3 heterocycles. The molecule has 6 nitrogen and oxygen atoms in total. The Morgan fingerprint density at radius 3 is 3.05 bits per heavy atom. The number of ether oxygens (including phenoxy) is 2. The van der Waals surface area contributed by atoms with Crippen molar-refractivity contribution in [3.8, 4) is 5.75 Å². The molecule has 2 fully saturated rings. The molecule has 1 aromatic carbocycles. The molecule has 3 aliphatic heterocycles. The zero-order chi connectivity index (χ0) is 13.9. The summed E-state index contributed by atoms with van der Waals surface area (Å²) in [5, 5.41) is 15.2. The van der Waals surface area contributed by atoms with Gasteiger partial charge in [0.05, 0.1) is 37.9 Å². The predicted molar refractivity (Wildman–Crippen MR) is 71.7 cm³/mol. The van der Waals surface area contributed by atoms with Crippen molar-refractivity contribution in [2.24, 2.45) is 0 Å². The van der Waals surface area contributed by atoms with Gasteiger partial charge in [-0.05, 0) is 12.1 Å². The summed E-state index contributed by atoms with van der Waals surface area (Å²) in [6.45, 7) is 0.716. The lowest BCUT2D eigenvalue weighted by molar-refractivity contribution is -0.263. The van der Waals surface area contributed by atoms with E-state index < -0.39 is 5.79 Å². The highest BCUT2D eigenvalue weighted by atomic mass is 16.8. The Bertz CT molecular complexity index is 552. The van der Waals surface area contributed by atoms with Crippen LogP contribution in [0.3, 0.4) is 0 Å². The molecule has 2 saturated heterocycles. The first-order valence-electron chi connectivity index (χ1n) is 6.80. The van der Waals surface area contributed by atoms with E-state index in [1.165, 1.54) is 0 Å². The van der Waals surface area contributed by atoms with Crippen LogP contribution >= 0.6 is 0 Å². The summed E-state index contributed by atoms with van der Waals surface area (Å²) in [6.07, 6.45) is 0. The third-order valence-electron chi connectivity index (χ3n) is 4.60. The normalized spacial score (nSPS) is 37.1. The molecule has 4 rings (SSSR count). The standard InChI is InChI=1S/C14H18N2O4/c1-18-11-5-3-4-10-12(11)8(7-17)14(19-2)13-9(15-13)6-16(10)20-14/h3-5,8-9,13,15,17H,6-7H2,1-2H3/t8-,9-,13-,14-/m0/s1. The number of rotatable bonds is 3. The van der Waals surface area contributed by atoms with Gasteiger partial charge < -0.3 is 19.9 Å². The van der Waals surface area contributed by atoms with Gasteiger partial charge in [-0.15, -0.1) is 0 Å². The molecule has 0 radical (unpaired) electrons. The van der Waals surface area contributed by atoms with Crippen molar-refractivity contribution >= 4 is 5.69 Å². The van der Waals surface area contributed by atoms with Gasteiger partial charge in [-0.3, -0.25) is 0 Å². The van der Waals surface area contributed by atoms with E-state index in [0.29, 0.717) is 6.04 Å². The molecule has 3 aliphatic rings. The van der Waals surface area contributed by atoms with Gasteiger partial charge >= 0.3 is 0 Å². The minimum Gasteiger partial charge on any atom is -0.496 e. The van der Waals surface area contributed by atoms with Crippen LogP contribution in [0.5, 0.6) is 5.75 Å². The summed E-state index contributed by atoms with van der Waals surface area (Å²) in [6, 6.07) is 6.28. The SMILES string of the molecule is COc1cccc2c1[C@H](CO)[C@]1(OC)ON2C[C@@H]2N[C@@H]21. The topological polar surface area (TPSA) is 73.1 Å². The van der Waals surface area contributed by atoms with Crippen LogP contribution < -0.4 is 15.1 Å². The number of benzene rings is 1. The number of hydroxylamine groups is 1. The first-order valence-corrected chi connectivity index (χ1v) is 6.80. The van der Waals surface area contributed by atoms with Crippen molar-refractivity contribution < 1.29 is 19.4 Å². The average Bonchev–Trinajstić information content (AvgIpc) is 3.27. The fraction of sp³-hybridized carbons (Fsp3) is 0.571. The fourth-order valence-electron chi connectivity index (χ4n) is 3.61. The zero-order valence-electron chi connectivity index (χ0n) is 11.5. The van der Waals surface area contributed by atoms with Crippen LogP contribution in [0.2, 0.25) is 0 Å². The lowest BCUT2D eigenvalue weighted by atomic mass is 9.83. The number of hydrogen-bond acceptors (Lipinski definition) is 6. The molecule has 2 bridgehead atoms. The molecule has 0 amide bonds. The highest BCUT2D eigenvalue weighted by molar-refractivity contribution is 5.63. The van der Waals surface area contributed by atoms with Crippen molar-refractivity contribution in [3.05, 3.63) is 23.8 Å². The maximum absolute atomic E-state index is 9.94. The number of hydrogen-bond donors (Lipinski definition) is 2. The lowest BCUT2D eigenvalue weighted by Gasteiger charge is -2.49. The highest BCUT2D eigenvalue weighted by Gasteiger charge is 2.66. The van der Waals surface area contributed by atoms with Gasteiger partial charge in [0, 0.05) is 18.7 Å².